The van der Waals surface area contributed by atoms with E-state index in [0.29, 0.717) is 4.68 Å². The van der Waals surface area contributed by atoms with Crippen LogP contribution in [0, 0.1) is 28.5 Å². The molecule has 98 valence electrons. The molecule has 0 saturated carbocycles. The molecule has 0 amide bonds. The van der Waals surface area contributed by atoms with Crippen LogP contribution in [0.25, 0.3) is 11.1 Å². The zero-order valence-corrected chi connectivity index (χ0v) is 10.1. The quantitative estimate of drug-likeness (QED) is 0.737. The lowest BCUT2D eigenvalue weighted by molar-refractivity contribution is 0.631. The molecule has 7 heteroatoms. The molecule has 0 aliphatic rings. The Bertz CT molecular complexity index is 842. The Morgan fingerprint density at radius 2 is 1.75 bits per heavy atom. The minimum absolute atomic E-state index is 0.0509. The van der Waals surface area contributed by atoms with E-state index in [1.54, 1.807) is 12.1 Å². The first-order valence-electron chi connectivity index (χ1n) is 5.41. The van der Waals surface area contributed by atoms with Gasteiger partial charge in [0.2, 0.25) is 0 Å². The van der Waals surface area contributed by atoms with Crippen molar-refractivity contribution in [3.8, 4) is 23.3 Å². The number of nitriles is 2. The number of nitrogen functional groups attached to an aromatic ring is 2. The summed E-state index contributed by atoms with van der Waals surface area (Å²) in [6, 6.07) is 8.87. The van der Waals surface area contributed by atoms with Crippen LogP contribution in [0.1, 0.15) is 11.1 Å². The topological polar surface area (TPSA) is 122 Å². The molecule has 0 saturated heterocycles. The van der Waals surface area contributed by atoms with E-state index in [1.807, 2.05) is 0 Å². The standard InChI is InChI=1S/C13H8FN5O/c14-10-4-2-1-3-7(10)11-8(5-15)12(17)19(18)13(20)9(11)6-16/h1-4H,17-18H2. The number of pyridine rings is 1. The fraction of sp³-hybridized carbons (Fsp3) is 0. The number of aromatic nitrogens is 1. The van der Waals surface area contributed by atoms with Crippen molar-refractivity contribution in [1.29, 1.82) is 10.5 Å². The Labute approximate surface area is 112 Å². The fourth-order valence-electron chi connectivity index (χ4n) is 1.86. The molecule has 6 nitrogen and oxygen atoms in total. The highest BCUT2D eigenvalue weighted by molar-refractivity contribution is 5.80. The first-order chi connectivity index (χ1) is 9.52. The van der Waals surface area contributed by atoms with E-state index in [4.69, 9.17) is 22.1 Å². The monoisotopic (exact) mass is 269 g/mol. The summed E-state index contributed by atoms with van der Waals surface area (Å²) >= 11 is 0. The van der Waals surface area contributed by atoms with E-state index in [2.05, 4.69) is 0 Å². The summed E-state index contributed by atoms with van der Waals surface area (Å²) < 4.78 is 14.4. The van der Waals surface area contributed by atoms with E-state index in [9.17, 15) is 9.18 Å². The Hall–Kier alpha value is -3.32. The highest BCUT2D eigenvalue weighted by Gasteiger charge is 2.22. The van der Waals surface area contributed by atoms with Gasteiger partial charge in [-0.2, -0.15) is 10.5 Å². The molecular weight excluding hydrogens is 261 g/mol. The molecule has 4 N–H and O–H groups in total. The van der Waals surface area contributed by atoms with Gasteiger partial charge in [-0.15, -0.1) is 0 Å². The maximum atomic E-state index is 13.9. The van der Waals surface area contributed by atoms with Crippen molar-refractivity contribution in [1.82, 2.24) is 4.68 Å². The molecule has 1 heterocycles. The minimum Gasteiger partial charge on any atom is -0.382 e. The predicted octanol–water partition coefficient (Wildman–Crippen LogP) is 0.694. The van der Waals surface area contributed by atoms with Crippen molar-refractivity contribution in [3.63, 3.8) is 0 Å². The average Bonchev–Trinajstić information content (AvgIpc) is 2.45. The lowest BCUT2D eigenvalue weighted by Gasteiger charge is -2.12. The first kappa shape index (κ1) is 13.1. The Morgan fingerprint density at radius 1 is 1.15 bits per heavy atom. The highest BCUT2D eigenvalue weighted by Crippen LogP contribution is 2.30. The molecule has 1 aromatic carbocycles. The van der Waals surface area contributed by atoms with Gasteiger partial charge in [-0.3, -0.25) is 4.79 Å². The maximum Gasteiger partial charge on any atom is 0.289 e. The van der Waals surface area contributed by atoms with Gasteiger partial charge in [0.25, 0.3) is 5.56 Å². The van der Waals surface area contributed by atoms with Gasteiger partial charge in [-0.1, -0.05) is 18.2 Å². The molecule has 0 bridgehead atoms. The zero-order valence-electron chi connectivity index (χ0n) is 10.1. The third kappa shape index (κ3) is 1.74. The van der Waals surface area contributed by atoms with Crippen LogP contribution in [0.4, 0.5) is 10.2 Å². The van der Waals surface area contributed by atoms with Crippen LogP contribution < -0.4 is 17.1 Å². The van der Waals surface area contributed by atoms with Crippen molar-refractivity contribution in [2.45, 2.75) is 0 Å². The number of hydrogen-bond acceptors (Lipinski definition) is 5. The van der Waals surface area contributed by atoms with Gasteiger partial charge in [-0.05, 0) is 6.07 Å². The Kier molecular flexibility index (Phi) is 3.11. The van der Waals surface area contributed by atoms with Crippen LogP contribution in [0.15, 0.2) is 29.1 Å². The van der Waals surface area contributed by atoms with Crippen LogP contribution in [0.2, 0.25) is 0 Å². The van der Waals surface area contributed by atoms with Gasteiger partial charge < -0.3 is 11.6 Å². The molecule has 0 atom stereocenters. The number of anilines is 1. The molecule has 1 aromatic heterocycles. The van der Waals surface area contributed by atoms with E-state index in [1.165, 1.54) is 18.2 Å². The lowest BCUT2D eigenvalue weighted by atomic mass is 9.96. The molecule has 0 aliphatic heterocycles. The number of nitrogens with zero attached hydrogens (tertiary/aromatic N) is 3. The van der Waals surface area contributed by atoms with Gasteiger partial charge in [0.1, 0.15) is 34.9 Å². The highest BCUT2D eigenvalue weighted by atomic mass is 19.1. The number of hydrogen-bond donors (Lipinski definition) is 2. The summed E-state index contributed by atoms with van der Waals surface area (Å²) in [5.41, 5.74) is 3.87. The molecule has 0 unspecified atom stereocenters. The van der Waals surface area contributed by atoms with Crippen LogP contribution >= 0.6 is 0 Å². The molecule has 0 spiro atoms. The van der Waals surface area contributed by atoms with Crippen LogP contribution in [-0.4, -0.2) is 4.68 Å². The second-order valence-corrected chi connectivity index (χ2v) is 3.89. The third-order valence-corrected chi connectivity index (χ3v) is 2.82. The van der Waals surface area contributed by atoms with Crippen molar-refractivity contribution in [2.24, 2.45) is 0 Å². The molecule has 0 fully saturated rings. The fourth-order valence-corrected chi connectivity index (χ4v) is 1.86. The predicted molar refractivity (Wildman–Crippen MR) is 70.1 cm³/mol. The van der Waals surface area contributed by atoms with Crippen molar-refractivity contribution < 1.29 is 4.39 Å². The molecule has 2 rings (SSSR count). The maximum absolute atomic E-state index is 13.9. The van der Waals surface area contributed by atoms with Crippen molar-refractivity contribution in [2.75, 3.05) is 11.6 Å². The Morgan fingerprint density at radius 3 is 2.30 bits per heavy atom. The van der Waals surface area contributed by atoms with Gasteiger partial charge in [0.05, 0.1) is 0 Å². The Balaban J connectivity index is 3.05. The minimum atomic E-state index is -0.887. The van der Waals surface area contributed by atoms with Crippen LogP contribution in [0.5, 0.6) is 0 Å². The third-order valence-electron chi connectivity index (χ3n) is 2.82. The average molecular weight is 269 g/mol. The number of benzene rings is 1. The van der Waals surface area contributed by atoms with Gasteiger partial charge in [0, 0.05) is 11.1 Å². The number of halogens is 1. The zero-order chi connectivity index (χ0) is 14.9. The summed E-state index contributed by atoms with van der Waals surface area (Å²) in [5, 5.41) is 18.2. The van der Waals surface area contributed by atoms with Gasteiger partial charge in [-0.25, -0.2) is 9.07 Å². The second kappa shape index (κ2) is 4.75. The van der Waals surface area contributed by atoms with Crippen molar-refractivity contribution in [3.05, 3.63) is 51.6 Å². The smallest absolute Gasteiger partial charge is 0.289 e. The number of nitrogens with two attached hydrogens (primary N) is 2. The van der Waals surface area contributed by atoms with E-state index >= 15 is 0 Å². The van der Waals surface area contributed by atoms with E-state index in [0.717, 1.165) is 6.07 Å². The molecule has 20 heavy (non-hydrogen) atoms. The molecular formula is C13H8FN5O. The van der Waals surface area contributed by atoms with E-state index in [-0.39, 0.29) is 22.5 Å². The molecule has 0 aliphatic carbocycles. The van der Waals surface area contributed by atoms with Gasteiger partial charge in [0.15, 0.2) is 0 Å². The molecule has 2 aromatic rings. The van der Waals surface area contributed by atoms with Crippen LogP contribution in [0.3, 0.4) is 0 Å². The van der Waals surface area contributed by atoms with Crippen molar-refractivity contribution >= 4 is 5.82 Å². The van der Waals surface area contributed by atoms with E-state index < -0.39 is 16.9 Å². The SMILES string of the molecule is N#Cc1c(-c2ccccc2F)c(C#N)c(=O)n(N)c1N. The molecule has 0 radical (unpaired) electrons. The first-order valence-corrected chi connectivity index (χ1v) is 5.41. The summed E-state index contributed by atoms with van der Waals surface area (Å²) in [4.78, 5) is 11.9. The van der Waals surface area contributed by atoms with Crippen LogP contribution in [-0.2, 0) is 0 Å². The largest absolute Gasteiger partial charge is 0.382 e. The summed E-state index contributed by atoms with van der Waals surface area (Å²) in [6.45, 7) is 0. The lowest BCUT2D eigenvalue weighted by Crippen LogP contribution is -2.33. The summed E-state index contributed by atoms with van der Waals surface area (Å²) in [7, 11) is 0. The van der Waals surface area contributed by atoms with Gasteiger partial charge >= 0.3 is 0 Å². The summed E-state index contributed by atoms with van der Waals surface area (Å²) in [5.74, 6) is 4.41. The normalized spacial score (nSPS) is 9.75. The summed E-state index contributed by atoms with van der Waals surface area (Å²) in [6.07, 6.45) is 0. The number of rotatable bonds is 1. The second-order valence-electron chi connectivity index (χ2n) is 3.89.